The molecule has 0 bridgehead atoms. The van der Waals surface area contributed by atoms with E-state index >= 15 is 0 Å². The van der Waals surface area contributed by atoms with Crippen molar-refractivity contribution in [2.24, 2.45) is 0 Å². The van der Waals surface area contributed by atoms with E-state index in [0.717, 1.165) is 41.1 Å². The van der Waals surface area contributed by atoms with Crippen molar-refractivity contribution >= 4 is 39.2 Å². The molecule has 0 atom stereocenters. The molecule has 0 unspecified atom stereocenters. The number of benzene rings is 2. The molecule has 2 heterocycles. The lowest BCUT2D eigenvalue weighted by Gasteiger charge is -2.17. The summed E-state index contributed by atoms with van der Waals surface area (Å²) in [5, 5.41) is 1.17. The first kappa shape index (κ1) is 23.3. The second kappa shape index (κ2) is 10.4. The maximum absolute atomic E-state index is 13.9. The molecule has 0 saturated carbocycles. The summed E-state index contributed by atoms with van der Waals surface area (Å²) in [6, 6.07) is 19.5. The van der Waals surface area contributed by atoms with Crippen LogP contribution in [0.3, 0.4) is 0 Å². The number of rotatable bonds is 8. The molecule has 4 aromatic rings. The van der Waals surface area contributed by atoms with Crippen molar-refractivity contribution in [1.29, 1.82) is 0 Å². The lowest BCUT2D eigenvalue weighted by Crippen LogP contribution is -2.29. The van der Waals surface area contributed by atoms with E-state index in [4.69, 9.17) is 4.98 Å². The fraction of sp³-hybridized carbons (Fsp3) is 0.269. The molecular weight excluding hydrogens is 450 g/mol. The Morgan fingerprint density at radius 3 is 2.42 bits per heavy atom. The highest BCUT2D eigenvalue weighted by Gasteiger charge is 2.21. The maximum atomic E-state index is 13.9. The molecule has 0 N–H and O–H groups in total. The van der Waals surface area contributed by atoms with Gasteiger partial charge in [0.15, 0.2) is 5.16 Å². The molecule has 0 aliphatic rings. The van der Waals surface area contributed by atoms with Gasteiger partial charge in [-0.15, -0.1) is 11.3 Å². The van der Waals surface area contributed by atoms with E-state index in [1.807, 2.05) is 74.6 Å². The first-order chi connectivity index (χ1) is 16.0. The Hall–Kier alpha value is -2.90. The van der Waals surface area contributed by atoms with Crippen molar-refractivity contribution in [2.75, 3.05) is 19.3 Å². The smallest absolute Gasteiger partial charge is 0.268 e. The minimum Gasteiger partial charge on any atom is -0.345 e. The van der Waals surface area contributed by atoms with Gasteiger partial charge >= 0.3 is 0 Å². The van der Waals surface area contributed by atoms with Crippen molar-refractivity contribution < 1.29 is 4.79 Å². The molecule has 0 fully saturated rings. The standard InChI is InChI=1S/C26H27N3O2S2/c1-4-5-16-28(3)21(30)17-32-26-27-24-23(25(31)29(26)20-14-10-7-11-15-20)22(18(2)33-24)19-12-8-6-9-13-19/h6-15H,4-5,16-17H2,1-3H3. The number of carbonyl (C=O) groups excluding carboxylic acids is 1. The summed E-state index contributed by atoms with van der Waals surface area (Å²) in [7, 11) is 1.83. The van der Waals surface area contributed by atoms with Crippen LogP contribution in [0.1, 0.15) is 24.6 Å². The third kappa shape index (κ3) is 4.89. The molecule has 2 aromatic heterocycles. The summed E-state index contributed by atoms with van der Waals surface area (Å²) < 4.78 is 1.64. The number of thioether (sulfide) groups is 1. The number of carbonyl (C=O) groups is 1. The third-order valence-electron chi connectivity index (χ3n) is 5.55. The number of amides is 1. The van der Waals surface area contributed by atoms with Gasteiger partial charge in [0.2, 0.25) is 5.91 Å². The molecule has 2 aromatic carbocycles. The average molecular weight is 478 g/mol. The predicted molar refractivity (Wildman–Crippen MR) is 139 cm³/mol. The Kier molecular flexibility index (Phi) is 7.30. The van der Waals surface area contributed by atoms with E-state index in [0.29, 0.717) is 15.4 Å². The van der Waals surface area contributed by atoms with Crippen LogP contribution in [0.2, 0.25) is 0 Å². The van der Waals surface area contributed by atoms with Crippen molar-refractivity contribution in [3.8, 4) is 16.8 Å². The van der Waals surface area contributed by atoms with Crippen LogP contribution in [0.5, 0.6) is 0 Å². The van der Waals surface area contributed by atoms with Crippen molar-refractivity contribution in [2.45, 2.75) is 31.8 Å². The minimum absolute atomic E-state index is 0.0368. The van der Waals surface area contributed by atoms with Gasteiger partial charge in [-0.05, 0) is 31.0 Å². The van der Waals surface area contributed by atoms with Gasteiger partial charge in [0, 0.05) is 24.0 Å². The van der Waals surface area contributed by atoms with Crippen LogP contribution in [0.4, 0.5) is 0 Å². The van der Waals surface area contributed by atoms with Gasteiger partial charge in [-0.2, -0.15) is 0 Å². The summed E-state index contributed by atoms with van der Waals surface area (Å²) >= 11 is 2.84. The number of para-hydroxylation sites is 1. The maximum Gasteiger partial charge on any atom is 0.268 e. The molecule has 7 heteroatoms. The van der Waals surface area contributed by atoms with Gasteiger partial charge in [0.05, 0.1) is 16.8 Å². The summed E-state index contributed by atoms with van der Waals surface area (Å²) in [5.41, 5.74) is 2.58. The Bertz CT molecular complexity index is 1310. The number of nitrogens with zero attached hydrogens (tertiary/aromatic N) is 3. The van der Waals surface area contributed by atoms with Crippen LogP contribution in [-0.4, -0.2) is 39.7 Å². The highest BCUT2D eigenvalue weighted by molar-refractivity contribution is 7.99. The third-order valence-corrected chi connectivity index (χ3v) is 7.47. The van der Waals surface area contributed by atoms with Gasteiger partial charge in [0.1, 0.15) is 4.83 Å². The fourth-order valence-corrected chi connectivity index (χ4v) is 5.79. The van der Waals surface area contributed by atoms with Crippen LogP contribution in [0, 0.1) is 6.92 Å². The Morgan fingerprint density at radius 1 is 1.09 bits per heavy atom. The quantitative estimate of drug-likeness (QED) is 0.239. The van der Waals surface area contributed by atoms with Gasteiger partial charge in [0.25, 0.3) is 5.56 Å². The van der Waals surface area contributed by atoms with Crippen molar-refractivity contribution in [3.63, 3.8) is 0 Å². The van der Waals surface area contributed by atoms with Crippen LogP contribution < -0.4 is 5.56 Å². The monoisotopic (exact) mass is 477 g/mol. The van der Waals surface area contributed by atoms with Crippen molar-refractivity contribution in [1.82, 2.24) is 14.5 Å². The lowest BCUT2D eigenvalue weighted by molar-refractivity contribution is -0.127. The number of aryl methyl sites for hydroxylation is 1. The number of aromatic nitrogens is 2. The Morgan fingerprint density at radius 2 is 1.76 bits per heavy atom. The lowest BCUT2D eigenvalue weighted by atomic mass is 10.0. The predicted octanol–water partition coefficient (Wildman–Crippen LogP) is 5.77. The number of hydrogen-bond donors (Lipinski definition) is 0. The number of thiophene rings is 1. The van der Waals surface area contributed by atoms with Crippen LogP contribution >= 0.6 is 23.1 Å². The second-order valence-corrected chi connectivity index (χ2v) is 10.1. The fourth-order valence-electron chi connectivity index (χ4n) is 3.75. The molecule has 1 amide bonds. The number of fused-ring (bicyclic) bond motifs is 1. The summed E-state index contributed by atoms with van der Waals surface area (Å²) in [4.78, 5) is 35.0. The first-order valence-corrected chi connectivity index (χ1v) is 12.8. The number of unbranched alkanes of at least 4 members (excludes halogenated alkanes) is 1. The normalized spacial score (nSPS) is 11.1. The average Bonchev–Trinajstić information content (AvgIpc) is 3.18. The highest BCUT2D eigenvalue weighted by Crippen LogP contribution is 2.36. The van der Waals surface area contributed by atoms with Gasteiger partial charge in [-0.25, -0.2) is 4.98 Å². The molecule has 4 rings (SSSR count). The van der Waals surface area contributed by atoms with Gasteiger partial charge in [-0.3, -0.25) is 14.2 Å². The minimum atomic E-state index is -0.108. The van der Waals surface area contributed by atoms with E-state index < -0.39 is 0 Å². The molecular formula is C26H27N3O2S2. The van der Waals surface area contributed by atoms with Crippen molar-refractivity contribution in [3.05, 3.63) is 75.9 Å². The molecule has 5 nitrogen and oxygen atoms in total. The topological polar surface area (TPSA) is 55.2 Å². The van der Waals surface area contributed by atoms with Crippen LogP contribution in [0.15, 0.2) is 70.6 Å². The summed E-state index contributed by atoms with van der Waals surface area (Å²) in [6.07, 6.45) is 2.01. The van der Waals surface area contributed by atoms with E-state index in [2.05, 4.69) is 6.92 Å². The summed E-state index contributed by atoms with van der Waals surface area (Å²) in [5.74, 6) is 0.274. The largest absolute Gasteiger partial charge is 0.345 e. The zero-order chi connectivity index (χ0) is 23.4. The highest BCUT2D eigenvalue weighted by atomic mass is 32.2. The van der Waals surface area contributed by atoms with E-state index in [1.165, 1.54) is 23.1 Å². The van der Waals surface area contributed by atoms with Crippen LogP contribution in [0.25, 0.3) is 27.0 Å². The van der Waals surface area contributed by atoms with E-state index in [-0.39, 0.29) is 17.2 Å². The van der Waals surface area contributed by atoms with Gasteiger partial charge in [-0.1, -0.05) is 73.6 Å². The van der Waals surface area contributed by atoms with E-state index in [1.54, 1.807) is 9.47 Å². The van der Waals surface area contributed by atoms with Gasteiger partial charge < -0.3 is 4.90 Å². The molecule has 33 heavy (non-hydrogen) atoms. The SMILES string of the molecule is CCCCN(C)C(=O)CSc1nc2sc(C)c(-c3ccccc3)c2c(=O)n1-c1ccccc1. The molecule has 0 radical (unpaired) electrons. The van der Waals surface area contributed by atoms with E-state index in [9.17, 15) is 9.59 Å². The molecule has 0 saturated heterocycles. The Labute approximate surface area is 202 Å². The zero-order valence-electron chi connectivity index (χ0n) is 19.1. The number of hydrogen-bond acceptors (Lipinski definition) is 5. The molecule has 0 aliphatic carbocycles. The first-order valence-electron chi connectivity index (χ1n) is 11.0. The second-order valence-electron chi connectivity index (χ2n) is 7.91. The summed E-state index contributed by atoms with van der Waals surface area (Å²) in [6.45, 7) is 4.87. The molecule has 170 valence electrons. The Balaban J connectivity index is 1.82. The molecule has 0 aliphatic heterocycles. The molecule has 0 spiro atoms. The van der Waals surface area contributed by atoms with Crippen LogP contribution in [-0.2, 0) is 4.79 Å². The zero-order valence-corrected chi connectivity index (χ0v) is 20.7.